The highest BCUT2D eigenvalue weighted by atomic mass is 32.1. The number of benzene rings is 2. The maximum absolute atomic E-state index is 13.0. The number of halogens is 1. The Kier molecular flexibility index (Phi) is 5.20. The number of hydrogen-bond donors (Lipinski definition) is 1. The van der Waals surface area contributed by atoms with E-state index in [-0.39, 0.29) is 11.6 Å². The van der Waals surface area contributed by atoms with Crippen LogP contribution in [-0.2, 0) is 0 Å². The molecule has 2 aromatic carbocycles. The predicted molar refractivity (Wildman–Crippen MR) is 101 cm³/mol. The summed E-state index contributed by atoms with van der Waals surface area (Å²) in [5.74, 6) is -0.333. The van der Waals surface area contributed by atoms with Crippen LogP contribution in [0.5, 0.6) is 0 Å². The van der Waals surface area contributed by atoms with Crippen LogP contribution in [0.3, 0.4) is 0 Å². The van der Waals surface area contributed by atoms with Crippen molar-refractivity contribution >= 4 is 28.4 Å². The minimum absolute atomic E-state index is 0.0259. The van der Waals surface area contributed by atoms with Gasteiger partial charge in [0.15, 0.2) is 5.78 Å². The fourth-order valence-electron chi connectivity index (χ4n) is 2.28. The highest BCUT2D eigenvalue weighted by molar-refractivity contribution is 7.11. The Hall–Kier alpha value is -3.30. The number of nitrogens with zero attached hydrogens (tertiary/aromatic N) is 2. The Labute approximate surface area is 154 Å². The number of anilines is 1. The van der Waals surface area contributed by atoms with Crippen LogP contribution in [-0.4, -0.2) is 10.8 Å². The third kappa shape index (κ3) is 4.02. The van der Waals surface area contributed by atoms with Gasteiger partial charge in [0, 0.05) is 28.4 Å². The first-order valence-corrected chi connectivity index (χ1v) is 8.64. The molecule has 1 aromatic heterocycles. The molecule has 3 rings (SSSR count). The van der Waals surface area contributed by atoms with Gasteiger partial charge in [-0.15, -0.1) is 11.3 Å². The van der Waals surface area contributed by atoms with Gasteiger partial charge in [0.05, 0.1) is 5.69 Å². The molecule has 0 atom stereocenters. The van der Waals surface area contributed by atoms with Crippen molar-refractivity contribution in [2.24, 2.45) is 0 Å². The molecule has 0 aliphatic carbocycles. The number of carbonyl (C=O) groups excluding carboxylic acids is 1. The Balaban J connectivity index is 1.82. The highest BCUT2D eigenvalue weighted by Crippen LogP contribution is 2.26. The number of hydrogen-bond acceptors (Lipinski definition) is 5. The number of rotatable bonds is 5. The van der Waals surface area contributed by atoms with Gasteiger partial charge in [-0.3, -0.25) is 4.79 Å². The van der Waals surface area contributed by atoms with E-state index in [1.54, 1.807) is 36.5 Å². The second-order valence-corrected chi connectivity index (χ2v) is 6.35. The van der Waals surface area contributed by atoms with Gasteiger partial charge in [-0.25, -0.2) is 9.37 Å². The summed E-state index contributed by atoms with van der Waals surface area (Å²) in [6, 6.07) is 15.2. The zero-order valence-corrected chi connectivity index (χ0v) is 14.7. The second-order valence-electron chi connectivity index (χ2n) is 5.50. The Morgan fingerprint density at radius 2 is 2.04 bits per heavy atom. The minimum atomic E-state index is -0.307. The number of nitriles is 1. The van der Waals surface area contributed by atoms with Crippen LogP contribution in [0.15, 0.2) is 60.1 Å². The lowest BCUT2D eigenvalue weighted by atomic mass is 10.1. The van der Waals surface area contributed by atoms with Gasteiger partial charge < -0.3 is 5.32 Å². The van der Waals surface area contributed by atoms with Crippen molar-refractivity contribution in [2.75, 3.05) is 5.32 Å². The van der Waals surface area contributed by atoms with E-state index in [1.807, 2.05) is 11.4 Å². The number of carbonyl (C=O) groups is 1. The average molecular weight is 363 g/mol. The smallest absolute Gasteiger partial charge is 0.159 e. The quantitative estimate of drug-likeness (QED) is 0.504. The molecule has 0 saturated carbocycles. The van der Waals surface area contributed by atoms with Crippen LogP contribution in [0.4, 0.5) is 10.1 Å². The van der Waals surface area contributed by atoms with Crippen LogP contribution >= 0.6 is 11.3 Å². The third-order valence-electron chi connectivity index (χ3n) is 3.65. The number of nitrogens with one attached hydrogen (secondary N) is 1. The van der Waals surface area contributed by atoms with Crippen LogP contribution in [0.2, 0.25) is 0 Å². The van der Waals surface area contributed by atoms with Gasteiger partial charge in [0.1, 0.15) is 22.5 Å². The lowest BCUT2D eigenvalue weighted by molar-refractivity contribution is 0.101. The molecule has 0 saturated heterocycles. The zero-order chi connectivity index (χ0) is 18.5. The highest BCUT2D eigenvalue weighted by Gasteiger charge is 2.09. The monoisotopic (exact) mass is 363 g/mol. The molecule has 0 bridgehead atoms. The molecular weight excluding hydrogens is 349 g/mol. The molecule has 0 unspecified atom stereocenters. The first-order valence-electron chi connectivity index (χ1n) is 7.76. The summed E-state index contributed by atoms with van der Waals surface area (Å²) in [6.07, 6.45) is 1.56. The molecule has 0 spiro atoms. The van der Waals surface area contributed by atoms with E-state index in [4.69, 9.17) is 0 Å². The molecule has 3 aromatic rings. The second kappa shape index (κ2) is 7.72. The summed E-state index contributed by atoms with van der Waals surface area (Å²) >= 11 is 1.33. The van der Waals surface area contributed by atoms with E-state index in [1.165, 1.54) is 30.4 Å². The van der Waals surface area contributed by atoms with Crippen molar-refractivity contribution in [3.63, 3.8) is 0 Å². The van der Waals surface area contributed by atoms with Crippen molar-refractivity contribution in [3.8, 4) is 17.3 Å². The SMILES string of the molecule is CC(=O)c1cccc(N/C=C(/C#N)c2nc(-c3ccc(F)cc3)cs2)c1. The molecule has 4 nitrogen and oxygen atoms in total. The maximum Gasteiger partial charge on any atom is 0.159 e. The minimum Gasteiger partial charge on any atom is -0.360 e. The molecule has 1 N–H and O–H groups in total. The van der Waals surface area contributed by atoms with Crippen LogP contribution in [0.25, 0.3) is 16.8 Å². The van der Waals surface area contributed by atoms with E-state index in [0.717, 1.165) is 5.56 Å². The molecule has 0 aliphatic rings. The zero-order valence-electron chi connectivity index (χ0n) is 13.9. The number of ketones is 1. The number of allylic oxidation sites excluding steroid dienone is 1. The molecule has 1 heterocycles. The first-order chi connectivity index (χ1) is 12.6. The fraction of sp³-hybridized carbons (Fsp3) is 0.0500. The van der Waals surface area contributed by atoms with Gasteiger partial charge in [-0.05, 0) is 43.3 Å². The standard InChI is InChI=1S/C20H14FN3OS/c1-13(25)15-3-2-4-18(9-15)23-11-16(10-22)20-24-19(12-26-20)14-5-7-17(21)8-6-14/h2-9,11-12,23H,1H3/b16-11-. The summed E-state index contributed by atoms with van der Waals surface area (Å²) < 4.78 is 13.0. The molecule has 0 fully saturated rings. The molecule has 128 valence electrons. The predicted octanol–water partition coefficient (Wildman–Crippen LogP) is 5.13. The summed E-state index contributed by atoms with van der Waals surface area (Å²) in [6.45, 7) is 1.50. The van der Waals surface area contributed by atoms with Crippen LogP contribution < -0.4 is 5.32 Å². The lowest BCUT2D eigenvalue weighted by Crippen LogP contribution is -1.95. The van der Waals surface area contributed by atoms with Crippen molar-refractivity contribution in [2.45, 2.75) is 6.92 Å². The summed E-state index contributed by atoms with van der Waals surface area (Å²) in [4.78, 5) is 15.9. The van der Waals surface area contributed by atoms with E-state index in [0.29, 0.717) is 27.5 Å². The third-order valence-corrected chi connectivity index (χ3v) is 4.52. The topological polar surface area (TPSA) is 65.8 Å². The summed E-state index contributed by atoms with van der Waals surface area (Å²) in [5, 5.41) is 14.8. The number of Topliss-reactive ketones (excluding diaryl/α,β-unsaturated/α-hetero) is 1. The largest absolute Gasteiger partial charge is 0.360 e. The first kappa shape index (κ1) is 17.5. The van der Waals surface area contributed by atoms with Crippen LogP contribution in [0.1, 0.15) is 22.3 Å². The van der Waals surface area contributed by atoms with Crippen molar-refractivity contribution in [1.29, 1.82) is 5.26 Å². The summed E-state index contributed by atoms with van der Waals surface area (Å²) in [5.41, 5.74) is 3.14. The van der Waals surface area contributed by atoms with E-state index >= 15 is 0 Å². The molecule has 0 aliphatic heterocycles. The van der Waals surface area contributed by atoms with Crippen LogP contribution in [0, 0.1) is 17.1 Å². The Morgan fingerprint density at radius 1 is 1.27 bits per heavy atom. The van der Waals surface area contributed by atoms with Gasteiger partial charge in [0.25, 0.3) is 0 Å². The molecule has 26 heavy (non-hydrogen) atoms. The maximum atomic E-state index is 13.0. The molecule has 0 radical (unpaired) electrons. The van der Waals surface area contributed by atoms with Gasteiger partial charge in [-0.2, -0.15) is 5.26 Å². The van der Waals surface area contributed by atoms with Crippen molar-refractivity contribution in [1.82, 2.24) is 4.98 Å². The Bertz CT molecular complexity index is 1020. The van der Waals surface area contributed by atoms with E-state index in [2.05, 4.69) is 16.4 Å². The van der Waals surface area contributed by atoms with Gasteiger partial charge >= 0.3 is 0 Å². The molecule has 0 amide bonds. The van der Waals surface area contributed by atoms with Gasteiger partial charge in [-0.1, -0.05) is 12.1 Å². The molecular formula is C20H14FN3OS. The lowest BCUT2D eigenvalue weighted by Gasteiger charge is -2.03. The molecule has 6 heteroatoms. The Morgan fingerprint density at radius 3 is 2.73 bits per heavy atom. The number of thiazole rings is 1. The van der Waals surface area contributed by atoms with E-state index in [9.17, 15) is 14.4 Å². The fourth-order valence-corrected chi connectivity index (χ4v) is 3.07. The average Bonchev–Trinajstić information content (AvgIpc) is 3.13. The van der Waals surface area contributed by atoms with Crippen molar-refractivity contribution < 1.29 is 9.18 Å². The number of aromatic nitrogens is 1. The normalized spacial score (nSPS) is 11.0. The van der Waals surface area contributed by atoms with E-state index < -0.39 is 0 Å². The van der Waals surface area contributed by atoms with Gasteiger partial charge in [0.2, 0.25) is 0 Å². The van der Waals surface area contributed by atoms with Crippen molar-refractivity contribution in [3.05, 3.63) is 76.5 Å². The summed E-state index contributed by atoms with van der Waals surface area (Å²) in [7, 11) is 0.